The number of carbonyl (C=O) groups excluding carboxylic acids is 2. The first kappa shape index (κ1) is 22.3. The van der Waals surface area contributed by atoms with Crippen LogP contribution in [0, 0.1) is 23.5 Å². The molecular formula is C23H22F2N4O4S. The highest BCUT2D eigenvalue weighted by atomic mass is 32.1. The number of hydrogen-bond acceptors (Lipinski definition) is 6. The van der Waals surface area contributed by atoms with Crippen molar-refractivity contribution >= 4 is 33.5 Å². The van der Waals surface area contributed by atoms with Gasteiger partial charge in [0.1, 0.15) is 33.7 Å². The van der Waals surface area contributed by atoms with E-state index >= 15 is 0 Å². The van der Waals surface area contributed by atoms with Gasteiger partial charge in [0.05, 0.1) is 30.4 Å². The molecule has 0 radical (unpaired) electrons. The lowest BCUT2D eigenvalue weighted by molar-refractivity contribution is -0.123. The molecule has 2 aliphatic rings. The van der Waals surface area contributed by atoms with E-state index in [-0.39, 0.29) is 23.8 Å². The van der Waals surface area contributed by atoms with Crippen molar-refractivity contribution in [2.45, 2.75) is 17.9 Å². The van der Waals surface area contributed by atoms with Gasteiger partial charge in [-0.2, -0.15) is 0 Å². The number of rotatable bonds is 6. The normalized spacial score (nSPS) is 25.8. The number of halogens is 2. The lowest BCUT2D eigenvalue weighted by Crippen LogP contribution is -2.42. The van der Waals surface area contributed by atoms with Gasteiger partial charge in [0, 0.05) is 36.1 Å². The molecule has 1 saturated heterocycles. The van der Waals surface area contributed by atoms with Crippen LogP contribution in [0.15, 0.2) is 30.3 Å². The Hall–Kier alpha value is -3.47. The Morgan fingerprint density at radius 1 is 1.26 bits per heavy atom. The number of nitrogens with two attached hydrogens (primary N) is 1. The molecule has 1 saturated carbocycles. The molecule has 0 bridgehead atoms. The second kappa shape index (κ2) is 8.08. The minimum Gasteiger partial charge on any atom is -0.497 e. The van der Waals surface area contributed by atoms with E-state index in [0.717, 1.165) is 16.8 Å². The summed E-state index contributed by atoms with van der Waals surface area (Å²) in [4.78, 5) is 29.6. The summed E-state index contributed by atoms with van der Waals surface area (Å²) in [5.74, 6) is -3.32. The van der Waals surface area contributed by atoms with Gasteiger partial charge in [0.25, 0.3) is 0 Å². The summed E-state index contributed by atoms with van der Waals surface area (Å²) in [6.07, 6.45) is 0.353. The zero-order valence-corrected chi connectivity index (χ0v) is 19.2. The summed E-state index contributed by atoms with van der Waals surface area (Å²) in [7, 11) is 2.86. The molecule has 2 aromatic carbocycles. The number of thiazole rings is 1. The highest BCUT2D eigenvalue weighted by Gasteiger charge is 2.65. The first-order chi connectivity index (χ1) is 16.3. The van der Waals surface area contributed by atoms with E-state index in [1.54, 1.807) is 6.07 Å². The topological polar surface area (TPSA) is 116 Å². The minimum absolute atomic E-state index is 0.0483. The summed E-state index contributed by atoms with van der Waals surface area (Å²) in [5, 5.41) is 6.06. The first-order valence-electron chi connectivity index (χ1n) is 10.6. The van der Waals surface area contributed by atoms with Gasteiger partial charge in [0.2, 0.25) is 5.91 Å². The third-order valence-corrected chi connectivity index (χ3v) is 7.87. The third kappa shape index (κ3) is 3.42. The predicted octanol–water partition coefficient (Wildman–Crippen LogP) is 3.01. The number of amides is 3. The van der Waals surface area contributed by atoms with Crippen LogP contribution in [0.3, 0.4) is 0 Å². The van der Waals surface area contributed by atoms with E-state index in [1.165, 1.54) is 25.6 Å². The Balaban J connectivity index is 1.56. The second-order valence-corrected chi connectivity index (χ2v) is 9.51. The molecule has 3 amide bonds. The maximum atomic E-state index is 14.9. The molecule has 8 nitrogen and oxygen atoms in total. The van der Waals surface area contributed by atoms with Crippen molar-refractivity contribution in [2.24, 2.45) is 17.6 Å². The summed E-state index contributed by atoms with van der Waals surface area (Å²) in [5.41, 5.74) is 4.91. The van der Waals surface area contributed by atoms with E-state index in [1.807, 2.05) is 12.1 Å². The van der Waals surface area contributed by atoms with E-state index < -0.39 is 41.0 Å². The quantitative estimate of drug-likeness (QED) is 0.493. The SMILES string of the molecule is COc1cc(F)c([C@@H]2CNC(=O)[C@@H]2C2CC2(NC(N)=O)c2nc3c(OC)cccc3s2)c(F)c1. The minimum atomic E-state index is -1.02. The van der Waals surface area contributed by atoms with E-state index in [9.17, 15) is 18.4 Å². The monoisotopic (exact) mass is 488 g/mol. The molecule has 34 heavy (non-hydrogen) atoms. The standard InChI is InChI=1S/C23H22F2N4O4S/c1-32-10-6-13(24)18(14(25)7-10)11-9-27-20(30)17(11)12-8-23(12,29-22(26)31)21-28-19-15(33-2)4-3-5-16(19)34-21/h3-7,11-12,17H,8-9H2,1-2H3,(H,27,30)(H3,26,29,31)/t11-,12?,17+,23?/m1/s1. The molecular weight excluding hydrogens is 466 g/mol. The Bertz CT molecular complexity index is 1290. The van der Waals surface area contributed by atoms with Crippen LogP contribution in [0.2, 0.25) is 0 Å². The summed E-state index contributed by atoms with van der Waals surface area (Å²) in [6, 6.07) is 6.91. The van der Waals surface area contributed by atoms with Crippen LogP contribution in [0.5, 0.6) is 11.5 Å². The highest BCUT2D eigenvalue weighted by Crippen LogP contribution is 2.61. The van der Waals surface area contributed by atoms with Crippen LogP contribution >= 0.6 is 11.3 Å². The van der Waals surface area contributed by atoms with Gasteiger partial charge in [-0.15, -0.1) is 11.3 Å². The molecule has 0 spiro atoms. The number of carbonyl (C=O) groups is 2. The number of aromatic nitrogens is 1. The highest BCUT2D eigenvalue weighted by molar-refractivity contribution is 7.18. The second-order valence-electron chi connectivity index (χ2n) is 8.48. The van der Waals surface area contributed by atoms with Crippen LogP contribution in [0.1, 0.15) is 22.9 Å². The number of urea groups is 1. The van der Waals surface area contributed by atoms with Gasteiger partial charge in [-0.25, -0.2) is 18.6 Å². The Morgan fingerprint density at radius 3 is 2.65 bits per heavy atom. The number of primary amides is 1. The predicted molar refractivity (Wildman–Crippen MR) is 121 cm³/mol. The van der Waals surface area contributed by atoms with E-state index in [0.29, 0.717) is 22.7 Å². The molecule has 1 aliphatic carbocycles. The molecule has 178 valence electrons. The number of methoxy groups -OCH3 is 2. The van der Waals surface area contributed by atoms with Crippen molar-refractivity contribution in [2.75, 3.05) is 20.8 Å². The summed E-state index contributed by atoms with van der Waals surface area (Å²) < 4.78 is 41.0. The van der Waals surface area contributed by atoms with Crippen molar-refractivity contribution in [3.05, 3.63) is 52.5 Å². The molecule has 1 aromatic heterocycles. The lowest BCUT2D eigenvalue weighted by atomic mass is 9.83. The Kier molecular flexibility index (Phi) is 5.31. The van der Waals surface area contributed by atoms with Crippen LogP contribution in [-0.2, 0) is 10.3 Å². The zero-order valence-electron chi connectivity index (χ0n) is 18.4. The van der Waals surface area contributed by atoms with Crippen molar-refractivity contribution in [1.82, 2.24) is 15.6 Å². The maximum absolute atomic E-state index is 14.9. The van der Waals surface area contributed by atoms with Crippen LogP contribution < -0.4 is 25.8 Å². The van der Waals surface area contributed by atoms with Gasteiger partial charge in [0.15, 0.2) is 0 Å². The van der Waals surface area contributed by atoms with Gasteiger partial charge in [-0.1, -0.05) is 6.07 Å². The van der Waals surface area contributed by atoms with Gasteiger partial charge in [-0.05, 0) is 18.6 Å². The molecule has 4 atom stereocenters. The molecule has 4 N–H and O–H groups in total. The molecule has 3 aromatic rings. The smallest absolute Gasteiger partial charge is 0.312 e. The van der Waals surface area contributed by atoms with Gasteiger partial charge in [-0.3, -0.25) is 4.79 Å². The molecule has 2 fully saturated rings. The van der Waals surface area contributed by atoms with Crippen molar-refractivity contribution in [1.29, 1.82) is 0 Å². The number of benzene rings is 2. The zero-order chi connectivity index (χ0) is 24.2. The van der Waals surface area contributed by atoms with E-state index in [4.69, 9.17) is 20.2 Å². The fourth-order valence-electron chi connectivity index (χ4n) is 5.08. The summed E-state index contributed by atoms with van der Waals surface area (Å²) in [6.45, 7) is 0.0699. The Labute approximate surface area is 197 Å². The molecule has 11 heteroatoms. The maximum Gasteiger partial charge on any atom is 0.312 e. The van der Waals surface area contributed by atoms with Crippen LogP contribution in [0.25, 0.3) is 10.2 Å². The number of hydrogen-bond donors (Lipinski definition) is 3. The van der Waals surface area contributed by atoms with Crippen LogP contribution in [0.4, 0.5) is 13.6 Å². The van der Waals surface area contributed by atoms with Crippen molar-refractivity contribution < 1.29 is 27.8 Å². The number of nitrogens with one attached hydrogen (secondary N) is 2. The average molecular weight is 489 g/mol. The number of ether oxygens (including phenoxy) is 2. The van der Waals surface area contributed by atoms with Crippen LogP contribution in [-0.4, -0.2) is 37.7 Å². The third-order valence-electron chi connectivity index (χ3n) is 6.67. The fraction of sp³-hybridized carbons (Fsp3) is 0.348. The Morgan fingerprint density at radius 2 is 2.00 bits per heavy atom. The molecule has 1 aliphatic heterocycles. The van der Waals surface area contributed by atoms with Gasteiger partial charge < -0.3 is 25.8 Å². The summed E-state index contributed by atoms with van der Waals surface area (Å²) >= 11 is 1.35. The average Bonchev–Trinajstić information content (AvgIpc) is 3.14. The number of para-hydroxylation sites is 1. The van der Waals surface area contributed by atoms with Crippen molar-refractivity contribution in [3.63, 3.8) is 0 Å². The number of nitrogens with zero attached hydrogens (tertiary/aromatic N) is 1. The first-order valence-corrected chi connectivity index (χ1v) is 11.4. The number of fused-ring (bicyclic) bond motifs is 1. The van der Waals surface area contributed by atoms with Crippen molar-refractivity contribution in [3.8, 4) is 11.5 Å². The van der Waals surface area contributed by atoms with E-state index in [2.05, 4.69) is 10.6 Å². The largest absolute Gasteiger partial charge is 0.497 e. The molecule has 2 heterocycles. The molecule has 2 unspecified atom stereocenters. The fourth-order valence-corrected chi connectivity index (χ4v) is 6.28. The van der Waals surface area contributed by atoms with Gasteiger partial charge >= 0.3 is 6.03 Å². The lowest BCUT2D eigenvalue weighted by Gasteiger charge is -2.23. The molecule has 5 rings (SSSR count).